The molecule has 27 heavy (non-hydrogen) atoms. The van der Waals surface area contributed by atoms with Crippen LogP contribution in [0.1, 0.15) is 41.8 Å². The van der Waals surface area contributed by atoms with E-state index < -0.39 is 18.5 Å². The first-order chi connectivity index (χ1) is 13.1. The van der Waals surface area contributed by atoms with Crippen LogP contribution < -0.4 is 5.32 Å². The molecule has 0 saturated carbocycles. The van der Waals surface area contributed by atoms with Gasteiger partial charge >= 0.3 is 5.97 Å². The number of fused-ring (bicyclic) bond motifs is 1. The SMILES string of the molecule is CCOCc1c(C(=O)OCC(=O)N[C@H](C)c2ccco2)oc2ccccc12. The average molecular weight is 371 g/mol. The quantitative estimate of drug-likeness (QED) is 0.609. The number of carbonyl (C=O) groups is 2. The highest BCUT2D eigenvalue weighted by atomic mass is 16.5. The van der Waals surface area contributed by atoms with E-state index >= 15 is 0 Å². The Morgan fingerprint density at radius 2 is 2.00 bits per heavy atom. The molecule has 2 aromatic heterocycles. The Hall–Kier alpha value is -3.06. The predicted molar refractivity (Wildman–Crippen MR) is 97.1 cm³/mol. The van der Waals surface area contributed by atoms with Crippen molar-refractivity contribution in [2.45, 2.75) is 26.5 Å². The van der Waals surface area contributed by atoms with Gasteiger partial charge in [-0.3, -0.25) is 4.79 Å². The molecule has 1 atom stereocenters. The third-order valence-electron chi connectivity index (χ3n) is 4.02. The maximum Gasteiger partial charge on any atom is 0.375 e. The zero-order valence-electron chi connectivity index (χ0n) is 15.2. The highest BCUT2D eigenvalue weighted by molar-refractivity contribution is 5.96. The monoisotopic (exact) mass is 371 g/mol. The van der Waals surface area contributed by atoms with E-state index in [0.29, 0.717) is 23.5 Å². The van der Waals surface area contributed by atoms with Gasteiger partial charge in [-0.25, -0.2) is 4.79 Å². The van der Waals surface area contributed by atoms with Crippen molar-refractivity contribution in [3.05, 3.63) is 59.7 Å². The number of benzene rings is 1. The van der Waals surface area contributed by atoms with Gasteiger partial charge in [0.2, 0.25) is 5.76 Å². The molecule has 1 amide bonds. The molecule has 3 rings (SSSR count). The molecule has 0 aliphatic heterocycles. The second kappa shape index (κ2) is 8.55. The normalized spacial score (nSPS) is 12.1. The van der Waals surface area contributed by atoms with Crippen LogP contribution in [-0.4, -0.2) is 25.1 Å². The molecule has 1 N–H and O–H groups in total. The summed E-state index contributed by atoms with van der Waals surface area (Å²) in [6.07, 6.45) is 1.53. The summed E-state index contributed by atoms with van der Waals surface area (Å²) in [7, 11) is 0. The highest BCUT2D eigenvalue weighted by Crippen LogP contribution is 2.27. The largest absolute Gasteiger partial charge is 0.467 e. The molecule has 0 unspecified atom stereocenters. The Labute approximate surface area is 156 Å². The number of ether oxygens (including phenoxy) is 2. The van der Waals surface area contributed by atoms with Crippen LogP contribution in [0.25, 0.3) is 11.0 Å². The summed E-state index contributed by atoms with van der Waals surface area (Å²) in [6, 6.07) is 10.4. The van der Waals surface area contributed by atoms with Crippen molar-refractivity contribution in [2.24, 2.45) is 0 Å². The molecule has 0 saturated heterocycles. The summed E-state index contributed by atoms with van der Waals surface area (Å²) in [5.41, 5.74) is 1.18. The first-order valence-electron chi connectivity index (χ1n) is 8.68. The number of nitrogens with one attached hydrogen (secondary N) is 1. The van der Waals surface area contributed by atoms with Gasteiger partial charge in [0.05, 0.1) is 18.9 Å². The van der Waals surface area contributed by atoms with Crippen molar-refractivity contribution in [3.63, 3.8) is 0 Å². The zero-order chi connectivity index (χ0) is 19.2. The Morgan fingerprint density at radius 1 is 1.19 bits per heavy atom. The summed E-state index contributed by atoms with van der Waals surface area (Å²) in [6.45, 7) is 3.94. The number of para-hydroxylation sites is 1. The highest BCUT2D eigenvalue weighted by Gasteiger charge is 2.23. The van der Waals surface area contributed by atoms with Gasteiger partial charge < -0.3 is 23.6 Å². The number of rotatable bonds is 8. The summed E-state index contributed by atoms with van der Waals surface area (Å²) < 4.78 is 21.4. The van der Waals surface area contributed by atoms with Crippen molar-refractivity contribution in [2.75, 3.05) is 13.2 Å². The molecular formula is C20H21NO6. The van der Waals surface area contributed by atoms with Gasteiger partial charge in [0.25, 0.3) is 5.91 Å². The molecule has 0 radical (unpaired) electrons. The van der Waals surface area contributed by atoms with Crippen LogP contribution in [0.15, 0.2) is 51.5 Å². The third kappa shape index (κ3) is 4.38. The fourth-order valence-electron chi connectivity index (χ4n) is 2.70. The number of carbonyl (C=O) groups excluding carboxylic acids is 2. The third-order valence-corrected chi connectivity index (χ3v) is 4.02. The molecule has 1 aromatic carbocycles. The van der Waals surface area contributed by atoms with Crippen molar-refractivity contribution in [1.29, 1.82) is 0 Å². The molecule has 0 spiro atoms. The lowest BCUT2D eigenvalue weighted by Gasteiger charge is -2.11. The van der Waals surface area contributed by atoms with E-state index in [1.165, 1.54) is 6.26 Å². The minimum absolute atomic E-state index is 0.0523. The van der Waals surface area contributed by atoms with Gasteiger partial charge in [0.15, 0.2) is 6.61 Å². The van der Waals surface area contributed by atoms with E-state index in [2.05, 4.69) is 5.32 Å². The van der Waals surface area contributed by atoms with Gasteiger partial charge in [0.1, 0.15) is 11.3 Å². The lowest BCUT2D eigenvalue weighted by molar-refractivity contribution is -0.125. The Kier molecular flexibility index (Phi) is 5.93. The maximum absolute atomic E-state index is 12.4. The van der Waals surface area contributed by atoms with Crippen LogP contribution in [0.2, 0.25) is 0 Å². The van der Waals surface area contributed by atoms with E-state index in [1.807, 2.05) is 25.1 Å². The molecule has 3 aromatic rings. The smallest absolute Gasteiger partial charge is 0.375 e. The van der Waals surface area contributed by atoms with Gasteiger partial charge in [-0.2, -0.15) is 0 Å². The number of amides is 1. The number of furan rings is 2. The van der Waals surface area contributed by atoms with Crippen LogP contribution in [0.4, 0.5) is 0 Å². The van der Waals surface area contributed by atoms with Crippen LogP contribution in [0, 0.1) is 0 Å². The maximum atomic E-state index is 12.4. The van der Waals surface area contributed by atoms with Crippen LogP contribution in [-0.2, 0) is 20.9 Å². The molecular weight excluding hydrogens is 350 g/mol. The first-order valence-corrected chi connectivity index (χ1v) is 8.68. The first kappa shape index (κ1) is 18.7. The van der Waals surface area contributed by atoms with Crippen LogP contribution in [0.5, 0.6) is 0 Å². The number of hydrogen-bond donors (Lipinski definition) is 1. The number of hydrogen-bond acceptors (Lipinski definition) is 6. The molecule has 0 aliphatic carbocycles. The fourth-order valence-corrected chi connectivity index (χ4v) is 2.70. The second-order valence-electron chi connectivity index (χ2n) is 5.92. The second-order valence-corrected chi connectivity index (χ2v) is 5.92. The summed E-state index contributed by atoms with van der Waals surface area (Å²) >= 11 is 0. The average Bonchev–Trinajstić information content (AvgIpc) is 3.32. The van der Waals surface area contributed by atoms with E-state index in [0.717, 1.165) is 5.39 Å². The molecule has 0 aliphatic rings. The molecule has 7 heteroatoms. The van der Waals surface area contributed by atoms with Gasteiger partial charge in [-0.15, -0.1) is 0 Å². The van der Waals surface area contributed by atoms with Crippen LogP contribution >= 0.6 is 0 Å². The minimum Gasteiger partial charge on any atom is -0.467 e. The molecule has 2 heterocycles. The lowest BCUT2D eigenvalue weighted by atomic mass is 10.1. The van der Waals surface area contributed by atoms with Crippen LogP contribution in [0.3, 0.4) is 0 Å². The molecule has 0 bridgehead atoms. The van der Waals surface area contributed by atoms with E-state index in [-0.39, 0.29) is 18.4 Å². The minimum atomic E-state index is -0.707. The number of esters is 1. The van der Waals surface area contributed by atoms with Gasteiger partial charge in [-0.05, 0) is 32.0 Å². The van der Waals surface area contributed by atoms with Gasteiger partial charge in [0, 0.05) is 17.6 Å². The Morgan fingerprint density at radius 3 is 2.74 bits per heavy atom. The van der Waals surface area contributed by atoms with E-state index in [1.54, 1.807) is 25.1 Å². The Balaban J connectivity index is 1.66. The fraction of sp³-hybridized carbons (Fsp3) is 0.300. The van der Waals surface area contributed by atoms with Crippen molar-refractivity contribution in [1.82, 2.24) is 5.32 Å². The summed E-state index contributed by atoms with van der Waals surface area (Å²) in [5.74, 6) is -0.473. The lowest BCUT2D eigenvalue weighted by Crippen LogP contribution is -2.31. The zero-order valence-corrected chi connectivity index (χ0v) is 15.2. The van der Waals surface area contributed by atoms with E-state index in [4.69, 9.17) is 18.3 Å². The van der Waals surface area contributed by atoms with E-state index in [9.17, 15) is 9.59 Å². The topological polar surface area (TPSA) is 90.9 Å². The Bertz CT molecular complexity index is 912. The molecule has 142 valence electrons. The predicted octanol–water partition coefficient (Wildman–Crippen LogP) is 3.60. The van der Waals surface area contributed by atoms with Crippen molar-refractivity contribution < 1.29 is 27.9 Å². The molecule has 7 nitrogen and oxygen atoms in total. The standard InChI is InChI=1S/C20H21NO6/c1-3-24-11-15-14-7-4-5-8-17(14)27-19(15)20(23)26-12-18(22)21-13(2)16-9-6-10-25-16/h4-10,13H,3,11-12H2,1-2H3,(H,21,22)/t13-/m1/s1. The van der Waals surface area contributed by atoms with Crippen molar-refractivity contribution in [3.8, 4) is 0 Å². The van der Waals surface area contributed by atoms with Gasteiger partial charge in [-0.1, -0.05) is 18.2 Å². The summed E-state index contributed by atoms with van der Waals surface area (Å²) in [4.78, 5) is 24.5. The summed E-state index contributed by atoms with van der Waals surface area (Å²) in [5, 5.41) is 3.49. The molecule has 0 fully saturated rings. The van der Waals surface area contributed by atoms with Crippen molar-refractivity contribution >= 4 is 22.8 Å².